The van der Waals surface area contributed by atoms with Gasteiger partial charge in [0.25, 0.3) is 6.47 Å². The fraction of sp³-hybridized carbons (Fsp3) is 0.643. The van der Waals surface area contributed by atoms with Crippen molar-refractivity contribution in [1.82, 2.24) is 15.1 Å². The number of hydrogen-bond acceptors (Lipinski definition) is 6. The van der Waals surface area contributed by atoms with E-state index in [1.165, 1.54) is 0 Å². The molecule has 0 spiro atoms. The molecule has 1 amide bonds. The second-order valence-electron chi connectivity index (χ2n) is 5.39. The van der Waals surface area contributed by atoms with Crippen LogP contribution in [-0.4, -0.2) is 69.9 Å². The molecule has 0 aliphatic carbocycles. The van der Waals surface area contributed by atoms with Gasteiger partial charge in [0.05, 0.1) is 19.3 Å². The summed E-state index contributed by atoms with van der Waals surface area (Å²) >= 11 is 0. The molecule has 2 aliphatic rings. The van der Waals surface area contributed by atoms with Crippen LogP contribution in [0.2, 0.25) is 0 Å². The average molecular weight is 327 g/mol. The molecule has 0 radical (unpaired) electrons. The number of aromatic nitrogens is 2. The minimum Gasteiger partial charge on any atom is -0.483 e. The van der Waals surface area contributed by atoms with Gasteiger partial charge in [0.1, 0.15) is 18.3 Å². The average Bonchev–Trinajstić information content (AvgIpc) is 3.19. The molecule has 23 heavy (non-hydrogen) atoms. The summed E-state index contributed by atoms with van der Waals surface area (Å²) in [6.07, 6.45) is 0.942. The lowest BCUT2D eigenvalue weighted by atomic mass is 10.1. The van der Waals surface area contributed by atoms with Crippen LogP contribution >= 0.6 is 0 Å². The normalized spacial score (nSPS) is 28.6. The minimum atomic E-state index is -0.589. The smallest absolute Gasteiger partial charge is 0.290 e. The maximum absolute atomic E-state index is 11.9. The molecule has 9 nitrogen and oxygen atoms in total. The number of hydrogen-bond donors (Lipinski definition) is 3. The van der Waals surface area contributed by atoms with E-state index in [9.17, 15) is 9.90 Å². The van der Waals surface area contributed by atoms with Crippen molar-refractivity contribution >= 4 is 12.4 Å². The van der Waals surface area contributed by atoms with Crippen LogP contribution in [0.3, 0.4) is 0 Å². The summed E-state index contributed by atoms with van der Waals surface area (Å²) in [5.41, 5.74) is 1.03. The van der Waals surface area contributed by atoms with Gasteiger partial charge in [-0.1, -0.05) is 0 Å². The molecule has 2 fully saturated rings. The summed E-state index contributed by atoms with van der Waals surface area (Å²) < 4.78 is 12.7. The first-order valence-corrected chi connectivity index (χ1v) is 7.33. The second-order valence-corrected chi connectivity index (χ2v) is 5.39. The monoisotopic (exact) mass is 327 g/mol. The van der Waals surface area contributed by atoms with Crippen LogP contribution < -0.4 is 5.32 Å². The van der Waals surface area contributed by atoms with Crippen molar-refractivity contribution in [3.8, 4) is 0 Å². The lowest BCUT2D eigenvalue weighted by Crippen LogP contribution is -2.44. The molecule has 2 saturated heterocycles. The zero-order valence-electron chi connectivity index (χ0n) is 12.8. The van der Waals surface area contributed by atoms with Crippen molar-refractivity contribution in [3.05, 3.63) is 18.0 Å². The summed E-state index contributed by atoms with van der Waals surface area (Å²) in [6.45, 7) is 2.91. The number of fused-ring (bicyclic) bond motifs is 1. The van der Waals surface area contributed by atoms with E-state index in [1.807, 2.05) is 13.0 Å². The van der Waals surface area contributed by atoms with Crippen molar-refractivity contribution in [1.29, 1.82) is 0 Å². The van der Waals surface area contributed by atoms with Gasteiger partial charge in [0.15, 0.2) is 0 Å². The van der Waals surface area contributed by atoms with E-state index in [1.54, 1.807) is 10.9 Å². The lowest BCUT2D eigenvalue weighted by Gasteiger charge is -2.17. The van der Waals surface area contributed by atoms with Gasteiger partial charge in [0, 0.05) is 24.9 Å². The molecule has 9 heteroatoms. The molecule has 0 saturated carbocycles. The van der Waals surface area contributed by atoms with Crippen molar-refractivity contribution < 1.29 is 29.3 Å². The number of rotatable bonds is 4. The largest absolute Gasteiger partial charge is 0.483 e. The van der Waals surface area contributed by atoms with Gasteiger partial charge in [-0.3, -0.25) is 14.3 Å². The fourth-order valence-electron chi connectivity index (χ4n) is 2.72. The van der Waals surface area contributed by atoms with Gasteiger partial charge in [-0.05, 0) is 13.0 Å². The highest BCUT2D eigenvalue weighted by atomic mass is 16.6. The van der Waals surface area contributed by atoms with Gasteiger partial charge in [-0.25, -0.2) is 0 Å². The van der Waals surface area contributed by atoms with Crippen LogP contribution in [0.4, 0.5) is 0 Å². The van der Waals surface area contributed by atoms with Crippen LogP contribution in [0, 0.1) is 6.92 Å². The third-order valence-electron chi connectivity index (χ3n) is 3.85. The van der Waals surface area contributed by atoms with Gasteiger partial charge >= 0.3 is 0 Å². The third kappa shape index (κ3) is 4.27. The summed E-state index contributed by atoms with van der Waals surface area (Å²) in [6, 6.07) is 1.73. The quantitative estimate of drug-likeness (QED) is 0.601. The van der Waals surface area contributed by atoms with Crippen molar-refractivity contribution in [2.45, 2.75) is 44.2 Å². The number of aryl methyl sites for hydroxylation is 2. The van der Waals surface area contributed by atoms with Crippen LogP contribution in [-0.2, 0) is 25.6 Å². The third-order valence-corrected chi connectivity index (χ3v) is 3.85. The lowest BCUT2D eigenvalue weighted by molar-refractivity contribution is -0.123. The maximum Gasteiger partial charge on any atom is 0.290 e. The second kappa shape index (κ2) is 8.04. The van der Waals surface area contributed by atoms with E-state index in [4.69, 9.17) is 19.4 Å². The van der Waals surface area contributed by atoms with Crippen LogP contribution in [0.5, 0.6) is 0 Å². The summed E-state index contributed by atoms with van der Waals surface area (Å²) in [5.74, 6) is -0.0564. The molecular formula is C14H21N3O6. The van der Waals surface area contributed by atoms with E-state index in [0.717, 1.165) is 5.69 Å². The summed E-state index contributed by atoms with van der Waals surface area (Å²) in [4.78, 5) is 20.3. The molecule has 0 bridgehead atoms. The summed E-state index contributed by atoms with van der Waals surface area (Å²) in [7, 11) is 0. The molecule has 0 aromatic carbocycles. The number of carbonyl (C=O) groups excluding carboxylic acids is 1. The Bertz CT molecular complexity index is 534. The van der Waals surface area contributed by atoms with Gasteiger partial charge < -0.3 is 25.0 Å². The Balaban J connectivity index is 0.000000595. The Morgan fingerprint density at radius 2 is 2.17 bits per heavy atom. The van der Waals surface area contributed by atoms with E-state index in [-0.39, 0.29) is 37.2 Å². The van der Waals surface area contributed by atoms with E-state index in [2.05, 4.69) is 10.4 Å². The van der Waals surface area contributed by atoms with Crippen molar-refractivity contribution in [2.75, 3.05) is 13.2 Å². The number of carbonyl (C=O) groups is 2. The maximum atomic E-state index is 11.9. The Kier molecular flexibility index (Phi) is 6.08. The van der Waals surface area contributed by atoms with E-state index in [0.29, 0.717) is 19.6 Å². The first-order valence-electron chi connectivity index (χ1n) is 7.33. The van der Waals surface area contributed by atoms with Gasteiger partial charge in [0.2, 0.25) is 5.91 Å². The number of aliphatic hydroxyl groups is 1. The number of aliphatic hydroxyl groups excluding tert-OH is 1. The molecule has 3 rings (SSSR count). The highest BCUT2D eigenvalue weighted by molar-refractivity contribution is 5.76. The molecule has 3 heterocycles. The zero-order valence-corrected chi connectivity index (χ0v) is 12.8. The van der Waals surface area contributed by atoms with Crippen molar-refractivity contribution in [2.24, 2.45) is 0 Å². The van der Waals surface area contributed by atoms with Gasteiger partial charge in [-0.2, -0.15) is 5.10 Å². The number of ether oxygens (including phenoxy) is 2. The first-order chi connectivity index (χ1) is 11.1. The topological polar surface area (TPSA) is 123 Å². The summed E-state index contributed by atoms with van der Waals surface area (Å²) in [5, 5.41) is 23.6. The van der Waals surface area contributed by atoms with Gasteiger partial charge in [-0.15, -0.1) is 0 Å². The number of nitrogens with one attached hydrogen (secondary N) is 1. The number of amides is 1. The van der Waals surface area contributed by atoms with Crippen LogP contribution in [0.1, 0.15) is 12.1 Å². The van der Waals surface area contributed by atoms with Crippen LogP contribution in [0.25, 0.3) is 0 Å². The Morgan fingerprint density at radius 3 is 2.83 bits per heavy atom. The molecule has 0 unspecified atom stereocenters. The zero-order chi connectivity index (χ0) is 16.8. The highest BCUT2D eigenvalue weighted by Gasteiger charge is 2.47. The molecule has 1 aromatic rings. The van der Waals surface area contributed by atoms with E-state index >= 15 is 0 Å². The van der Waals surface area contributed by atoms with Crippen LogP contribution in [0.15, 0.2) is 12.3 Å². The molecule has 1 aromatic heterocycles. The Hall–Kier alpha value is -1.97. The van der Waals surface area contributed by atoms with E-state index < -0.39 is 6.10 Å². The molecule has 2 aliphatic heterocycles. The first kappa shape index (κ1) is 17.4. The predicted molar refractivity (Wildman–Crippen MR) is 77.7 cm³/mol. The fourth-order valence-corrected chi connectivity index (χ4v) is 2.72. The number of nitrogens with zero attached hydrogens (tertiary/aromatic N) is 2. The molecule has 3 N–H and O–H groups in total. The molecular weight excluding hydrogens is 306 g/mol. The Morgan fingerprint density at radius 1 is 1.48 bits per heavy atom. The highest BCUT2D eigenvalue weighted by Crippen LogP contribution is 2.26. The SMILES string of the molecule is Cc1ccnn1CCC(=O)N[C@H]1CO[C@H]2[C@@H]1OC[C@@H]2O.O=CO. The molecule has 128 valence electrons. The number of carboxylic acid groups (broad SMARTS) is 1. The predicted octanol–water partition coefficient (Wildman–Crippen LogP) is -1.07. The Labute approximate surface area is 133 Å². The van der Waals surface area contributed by atoms with Crippen molar-refractivity contribution in [3.63, 3.8) is 0 Å². The minimum absolute atomic E-state index is 0.0564. The molecule has 4 atom stereocenters. The standard InChI is InChI=1S/C13H19N3O4.CH2O2/c1-8-2-4-14-16(8)5-3-11(18)15-9-6-19-13-10(17)7-20-12(9)13;2-1-3/h2,4,9-10,12-13,17H,3,5-7H2,1H3,(H,15,18);1H,(H,2,3)/t9-,10-,12+,13+;/m0./s1.